The predicted molar refractivity (Wildman–Crippen MR) is 48.1 cm³/mol. The zero-order chi connectivity index (χ0) is 9.42. The Morgan fingerprint density at radius 3 is 2.92 bits per heavy atom. The Labute approximate surface area is 75.4 Å². The van der Waals surface area contributed by atoms with Crippen LogP contribution in [0.4, 0.5) is 11.6 Å². The van der Waals surface area contributed by atoms with Gasteiger partial charge in [-0.2, -0.15) is 0 Å². The summed E-state index contributed by atoms with van der Waals surface area (Å²) in [4.78, 5) is 19.2. The van der Waals surface area contributed by atoms with E-state index in [1.54, 1.807) is 6.92 Å². The number of rotatable bonds is 0. The molecule has 1 amide bonds. The molecule has 1 aromatic rings. The van der Waals surface area contributed by atoms with Crippen molar-refractivity contribution in [1.82, 2.24) is 9.97 Å². The molecule has 3 N–H and O–H groups in total. The van der Waals surface area contributed by atoms with Gasteiger partial charge in [-0.3, -0.25) is 4.79 Å². The molecule has 0 bridgehead atoms. The number of nitrogen functional groups attached to an aromatic ring is 1. The quantitative estimate of drug-likeness (QED) is 0.596. The van der Waals surface area contributed by atoms with Crippen LogP contribution >= 0.6 is 0 Å². The first-order chi connectivity index (χ1) is 6.16. The molecular weight excluding hydrogens is 168 g/mol. The summed E-state index contributed by atoms with van der Waals surface area (Å²) in [6, 6.07) is 0. The van der Waals surface area contributed by atoms with E-state index < -0.39 is 0 Å². The second-order valence-electron chi connectivity index (χ2n) is 3.03. The summed E-state index contributed by atoms with van der Waals surface area (Å²) in [7, 11) is 0. The highest BCUT2D eigenvalue weighted by Gasteiger charge is 2.19. The van der Waals surface area contributed by atoms with Crippen molar-refractivity contribution >= 4 is 17.5 Å². The van der Waals surface area contributed by atoms with Gasteiger partial charge in [0.05, 0.1) is 0 Å². The Morgan fingerprint density at radius 2 is 2.15 bits per heavy atom. The minimum absolute atomic E-state index is 0.00926. The fourth-order valence-corrected chi connectivity index (χ4v) is 1.40. The SMILES string of the molecule is Cc1nc(N)c2c(n1)NC(=O)CC2. The third kappa shape index (κ3) is 1.32. The van der Waals surface area contributed by atoms with Crippen LogP contribution in [-0.2, 0) is 11.2 Å². The first-order valence-corrected chi connectivity index (χ1v) is 4.09. The molecule has 0 fully saturated rings. The van der Waals surface area contributed by atoms with Crippen LogP contribution in [0.5, 0.6) is 0 Å². The molecule has 1 aliphatic rings. The number of hydrogen-bond donors (Lipinski definition) is 2. The average Bonchev–Trinajstić information content (AvgIpc) is 2.02. The minimum atomic E-state index is -0.00926. The number of nitrogens with two attached hydrogens (primary N) is 1. The topological polar surface area (TPSA) is 80.9 Å². The number of aromatic nitrogens is 2. The zero-order valence-electron chi connectivity index (χ0n) is 7.29. The number of anilines is 2. The lowest BCUT2D eigenvalue weighted by Crippen LogP contribution is -2.22. The molecule has 5 nitrogen and oxygen atoms in total. The smallest absolute Gasteiger partial charge is 0.225 e. The van der Waals surface area contributed by atoms with Crippen LogP contribution in [0.25, 0.3) is 0 Å². The van der Waals surface area contributed by atoms with Crippen molar-refractivity contribution in [3.8, 4) is 0 Å². The van der Waals surface area contributed by atoms with Crippen LogP contribution in [0.1, 0.15) is 17.8 Å². The minimum Gasteiger partial charge on any atom is -0.383 e. The van der Waals surface area contributed by atoms with E-state index in [0.29, 0.717) is 30.3 Å². The van der Waals surface area contributed by atoms with E-state index in [0.717, 1.165) is 5.56 Å². The molecule has 1 aliphatic heterocycles. The molecule has 0 aliphatic carbocycles. The van der Waals surface area contributed by atoms with Crippen molar-refractivity contribution in [1.29, 1.82) is 0 Å². The van der Waals surface area contributed by atoms with E-state index in [9.17, 15) is 4.79 Å². The van der Waals surface area contributed by atoms with Crippen LogP contribution < -0.4 is 11.1 Å². The highest BCUT2D eigenvalue weighted by molar-refractivity contribution is 5.93. The Balaban J connectivity index is 2.53. The first-order valence-electron chi connectivity index (χ1n) is 4.09. The lowest BCUT2D eigenvalue weighted by atomic mass is 10.1. The number of aryl methyl sites for hydroxylation is 1. The Bertz CT molecular complexity index is 375. The molecular formula is C8H10N4O. The average molecular weight is 178 g/mol. The Morgan fingerprint density at radius 1 is 1.38 bits per heavy atom. The third-order valence-corrected chi connectivity index (χ3v) is 2.01. The summed E-state index contributed by atoms with van der Waals surface area (Å²) in [5.41, 5.74) is 6.54. The number of nitrogens with zero attached hydrogens (tertiary/aromatic N) is 2. The van der Waals surface area contributed by atoms with Gasteiger partial charge in [-0.25, -0.2) is 9.97 Å². The highest BCUT2D eigenvalue weighted by atomic mass is 16.1. The van der Waals surface area contributed by atoms with Gasteiger partial charge in [0.25, 0.3) is 0 Å². The summed E-state index contributed by atoms with van der Waals surface area (Å²) in [5, 5.41) is 2.67. The zero-order valence-corrected chi connectivity index (χ0v) is 7.29. The van der Waals surface area contributed by atoms with Crippen molar-refractivity contribution in [3.05, 3.63) is 11.4 Å². The number of amides is 1. The first kappa shape index (κ1) is 7.97. The van der Waals surface area contributed by atoms with E-state index in [1.807, 2.05) is 0 Å². The summed E-state index contributed by atoms with van der Waals surface area (Å²) >= 11 is 0. The number of carbonyl (C=O) groups is 1. The number of carbonyl (C=O) groups excluding carboxylic acids is 1. The van der Waals surface area contributed by atoms with Crippen LogP contribution in [0.15, 0.2) is 0 Å². The second-order valence-corrected chi connectivity index (χ2v) is 3.03. The maximum Gasteiger partial charge on any atom is 0.225 e. The van der Waals surface area contributed by atoms with Gasteiger partial charge in [-0.15, -0.1) is 0 Å². The molecule has 0 atom stereocenters. The maximum absolute atomic E-state index is 11.0. The van der Waals surface area contributed by atoms with Crippen molar-refractivity contribution in [2.75, 3.05) is 11.1 Å². The summed E-state index contributed by atoms with van der Waals surface area (Å²) in [5.74, 6) is 1.62. The Hall–Kier alpha value is -1.65. The number of hydrogen-bond acceptors (Lipinski definition) is 4. The molecule has 0 aromatic carbocycles. The van der Waals surface area contributed by atoms with E-state index in [4.69, 9.17) is 5.73 Å². The number of fused-ring (bicyclic) bond motifs is 1. The van der Waals surface area contributed by atoms with Crippen molar-refractivity contribution in [2.45, 2.75) is 19.8 Å². The molecule has 0 spiro atoms. The summed E-state index contributed by atoms with van der Waals surface area (Å²) in [6.07, 6.45) is 1.09. The maximum atomic E-state index is 11.0. The van der Waals surface area contributed by atoms with Gasteiger partial charge in [0.15, 0.2) is 0 Å². The van der Waals surface area contributed by atoms with E-state index >= 15 is 0 Å². The molecule has 13 heavy (non-hydrogen) atoms. The van der Waals surface area contributed by atoms with E-state index in [2.05, 4.69) is 15.3 Å². The van der Waals surface area contributed by atoms with Gasteiger partial charge in [0, 0.05) is 12.0 Å². The fraction of sp³-hybridized carbons (Fsp3) is 0.375. The molecule has 2 heterocycles. The third-order valence-electron chi connectivity index (χ3n) is 2.01. The van der Waals surface area contributed by atoms with Crippen molar-refractivity contribution in [3.63, 3.8) is 0 Å². The predicted octanol–water partition coefficient (Wildman–Crippen LogP) is 0.252. The van der Waals surface area contributed by atoms with Gasteiger partial charge in [0.1, 0.15) is 17.5 Å². The van der Waals surface area contributed by atoms with Crippen LogP contribution in [0.3, 0.4) is 0 Å². The monoisotopic (exact) mass is 178 g/mol. The standard InChI is InChI=1S/C8H10N4O/c1-4-10-7(9)5-2-3-6(13)12-8(5)11-4/h2-3H2,1H3,(H3,9,10,11,12,13). The van der Waals surface area contributed by atoms with Crippen LogP contribution in [0, 0.1) is 6.92 Å². The summed E-state index contributed by atoms with van der Waals surface area (Å²) in [6.45, 7) is 1.75. The molecule has 1 aromatic heterocycles. The van der Waals surface area contributed by atoms with Gasteiger partial charge < -0.3 is 11.1 Å². The Kier molecular flexibility index (Phi) is 1.65. The van der Waals surface area contributed by atoms with Crippen molar-refractivity contribution in [2.24, 2.45) is 0 Å². The van der Waals surface area contributed by atoms with Gasteiger partial charge in [-0.1, -0.05) is 0 Å². The molecule has 0 radical (unpaired) electrons. The normalized spacial score (nSPS) is 15.0. The largest absolute Gasteiger partial charge is 0.383 e. The van der Waals surface area contributed by atoms with Crippen LogP contribution in [-0.4, -0.2) is 15.9 Å². The molecule has 0 saturated heterocycles. The van der Waals surface area contributed by atoms with Crippen LogP contribution in [0.2, 0.25) is 0 Å². The van der Waals surface area contributed by atoms with E-state index in [-0.39, 0.29) is 5.91 Å². The highest BCUT2D eigenvalue weighted by Crippen LogP contribution is 2.23. The number of nitrogens with one attached hydrogen (secondary N) is 1. The van der Waals surface area contributed by atoms with Gasteiger partial charge >= 0.3 is 0 Å². The molecule has 0 unspecified atom stereocenters. The molecule has 5 heteroatoms. The lowest BCUT2D eigenvalue weighted by molar-refractivity contribution is -0.116. The lowest BCUT2D eigenvalue weighted by Gasteiger charge is -2.16. The fourth-order valence-electron chi connectivity index (χ4n) is 1.40. The van der Waals surface area contributed by atoms with Crippen molar-refractivity contribution < 1.29 is 4.79 Å². The molecule has 2 rings (SSSR count). The molecule has 68 valence electrons. The molecule has 0 saturated carbocycles. The van der Waals surface area contributed by atoms with Gasteiger partial charge in [-0.05, 0) is 13.3 Å². The van der Waals surface area contributed by atoms with E-state index in [1.165, 1.54) is 0 Å². The summed E-state index contributed by atoms with van der Waals surface area (Å²) < 4.78 is 0. The second kappa shape index (κ2) is 2.69. The van der Waals surface area contributed by atoms with Gasteiger partial charge in [0.2, 0.25) is 5.91 Å².